The Balaban J connectivity index is 1.59. The maximum Gasteiger partial charge on any atom is 0.468 e. The van der Waals surface area contributed by atoms with E-state index in [4.69, 9.17) is 24.4 Å². The Morgan fingerprint density at radius 3 is 2.76 bits per heavy atom. The zero-order valence-electron chi connectivity index (χ0n) is 18.2. The number of oxazole rings is 1. The number of methoxy groups -OCH3 is 1. The van der Waals surface area contributed by atoms with Gasteiger partial charge in [-0.25, -0.2) is 4.98 Å². The maximum absolute atomic E-state index is 13.1. The van der Waals surface area contributed by atoms with Crippen molar-refractivity contribution in [2.24, 2.45) is 0 Å². The molecule has 5 rings (SSSR count). The minimum Gasteiger partial charge on any atom is -0.497 e. The van der Waals surface area contributed by atoms with Crippen molar-refractivity contribution in [1.29, 1.82) is 0 Å². The van der Waals surface area contributed by atoms with Crippen LogP contribution in [0.1, 0.15) is 18.4 Å². The van der Waals surface area contributed by atoms with Crippen molar-refractivity contribution in [3.05, 3.63) is 35.7 Å². The van der Waals surface area contributed by atoms with Gasteiger partial charge in [0.25, 0.3) is 0 Å². The van der Waals surface area contributed by atoms with Crippen LogP contribution in [-0.4, -0.2) is 55.4 Å². The highest BCUT2D eigenvalue weighted by Gasteiger charge is 2.38. The molecule has 2 aliphatic heterocycles. The molecule has 1 fully saturated rings. The Bertz CT molecular complexity index is 1190. The first-order chi connectivity index (χ1) is 15.7. The van der Waals surface area contributed by atoms with E-state index in [1.54, 1.807) is 13.2 Å². The number of nitrogen functional groups attached to an aromatic ring is 1. The highest BCUT2D eigenvalue weighted by Crippen LogP contribution is 2.43. The molecule has 2 atom stereocenters. The van der Waals surface area contributed by atoms with Crippen LogP contribution in [0.5, 0.6) is 11.5 Å². The summed E-state index contributed by atoms with van der Waals surface area (Å²) >= 11 is 0. The summed E-state index contributed by atoms with van der Waals surface area (Å²) in [7, 11) is 1.55. The molecule has 2 aliphatic rings. The van der Waals surface area contributed by atoms with E-state index in [2.05, 4.69) is 9.88 Å². The molecule has 0 saturated carbocycles. The first kappa shape index (κ1) is 21.8. The summed E-state index contributed by atoms with van der Waals surface area (Å²) in [5, 5.41) is 0. The molecule has 7 nitrogen and oxygen atoms in total. The van der Waals surface area contributed by atoms with E-state index in [-0.39, 0.29) is 28.9 Å². The Morgan fingerprint density at radius 2 is 2.03 bits per heavy atom. The van der Waals surface area contributed by atoms with Crippen LogP contribution in [0.25, 0.3) is 22.2 Å². The van der Waals surface area contributed by atoms with Gasteiger partial charge in [-0.05, 0) is 37.1 Å². The summed E-state index contributed by atoms with van der Waals surface area (Å²) in [6.45, 7) is 4.85. The van der Waals surface area contributed by atoms with E-state index in [1.165, 1.54) is 6.07 Å². The first-order valence-corrected chi connectivity index (χ1v) is 10.7. The van der Waals surface area contributed by atoms with Gasteiger partial charge in [0.15, 0.2) is 5.58 Å². The maximum atomic E-state index is 13.1. The molecule has 0 aliphatic carbocycles. The number of aromatic nitrogens is 1. The molecule has 0 spiro atoms. The number of nitrogens with zero attached hydrogens (tertiary/aromatic N) is 2. The van der Waals surface area contributed by atoms with Crippen molar-refractivity contribution < 1.29 is 31.8 Å². The number of fused-ring (bicyclic) bond motifs is 2. The zero-order chi connectivity index (χ0) is 23.3. The lowest BCUT2D eigenvalue weighted by atomic mass is 9.90. The summed E-state index contributed by atoms with van der Waals surface area (Å²) in [5.41, 5.74) is 8.57. The molecule has 0 radical (unpaired) electrons. The predicted molar refractivity (Wildman–Crippen MR) is 115 cm³/mol. The minimum atomic E-state index is -4.70. The summed E-state index contributed by atoms with van der Waals surface area (Å²) < 4.78 is 61.6. The van der Waals surface area contributed by atoms with Crippen molar-refractivity contribution in [2.45, 2.75) is 31.7 Å². The number of hydrogen-bond acceptors (Lipinski definition) is 7. The Hall–Kier alpha value is -2.98. The molecule has 2 aromatic carbocycles. The van der Waals surface area contributed by atoms with E-state index in [0.29, 0.717) is 36.7 Å². The Morgan fingerprint density at radius 1 is 1.21 bits per heavy atom. The second-order valence-electron chi connectivity index (χ2n) is 8.39. The lowest BCUT2D eigenvalue weighted by Crippen LogP contribution is -2.51. The van der Waals surface area contributed by atoms with Crippen LogP contribution < -0.4 is 15.2 Å². The van der Waals surface area contributed by atoms with Crippen LogP contribution in [0, 0.1) is 0 Å². The van der Waals surface area contributed by atoms with Gasteiger partial charge < -0.3 is 24.4 Å². The zero-order valence-corrected chi connectivity index (χ0v) is 18.2. The molecule has 0 bridgehead atoms. The van der Waals surface area contributed by atoms with Gasteiger partial charge >= 0.3 is 12.1 Å². The third-order valence-electron chi connectivity index (χ3n) is 6.21. The number of nitrogens with two attached hydrogens (primary N) is 1. The Kier molecular flexibility index (Phi) is 5.37. The van der Waals surface area contributed by atoms with Crippen LogP contribution in [0.15, 0.2) is 28.7 Å². The SMILES string of the molecule is COc1cc2c(c(-c3ccc4nc(C(F)(F)F)oc4c3N)c1)C[C@@H](N1CCO[C@H](C)C1)CO2. The monoisotopic (exact) mass is 463 g/mol. The minimum absolute atomic E-state index is 0.0526. The van der Waals surface area contributed by atoms with Gasteiger partial charge in [-0.2, -0.15) is 13.2 Å². The molecule has 2 N–H and O–H groups in total. The van der Waals surface area contributed by atoms with Gasteiger partial charge in [0, 0.05) is 36.3 Å². The highest BCUT2D eigenvalue weighted by molar-refractivity contribution is 5.96. The number of halogens is 3. The predicted octanol–water partition coefficient (Wildman–Crippen LogP) is 4.13. The van der Waals surface area contributed by atoms with Crippen molar-refractivity contribution in [1.82, 2.24) is 9.88 Å². The molecule has 3 aromatic rings. The highest BCUT2D eigenvalue weighted by atomic mass is 19.4. The molecular weight excluding hydrogens is 439 g/mol. The number of hydrogen-bond donors (Lipinski definition) is 1. The Labute approximate surface area is 188 Å². The number of rotatable bonds is 3. The van der Waals surface area contributed by atoms with Gasteiger partial charge in [-0.1, -0.05) is 0 Å². The molecule has 0 unspecified atom stereocenters. The smallest absolute Gasteiger partial charge is 0.468 e. The number of ether oxygens (including phenoxy) is 3. The van der Waals surface area contributed by atoms with Gasteiger partial charge in [-0.3, -0.25) is 4.90 Å². The molecule has 10 heteroatoms. The molecule has 33 heavy (non-hydrogen) atoms. The summed E-state index contributed by atoms with van der Waals surface area (Å²) in [5.74, 6) is -0.0796. The van der Waals surface area contributed by atoms with E-state index in [9.17, 15) is 13.2 Å². The van der Waals surface area contributed by atoms with E-state index in [0.717, 1.165) is 24.2 Å². The topological polar surface area (TPSA) is 83.0 Å². The standard InChI is InChI=1S/C23H24F3N3O4/c1-12-10-29(5-6-31-12)13-7-17-16(8-14(30-2)9-19(17)32-11-13)15-3-4-18-21(20(15)27)33-22(28-18)23(24,25)26/h3-4,8-9,12-13H,5-7,10-11,27H2,1-2H3/t12-,13-/m1/s1. The summed E-state index contributed by atoms with van der Waals surface area (Å²) in [6, 6.07) is 6.93. The number of benzene rings is 2. The second kappa shape index (κ2) is 8.11. The van der Waals surface area contributed by atoms with E-state index < -0.39 is 12.1 Å². The molecule has 1 saturated heterocycles. The van der Waals surface area contributed by atoms with E-state index >= 15 is 0 Å². The quantitative estimate of drug-likeness (QED) is 0.585. The first-order valence-electron chi connectivity index (χ1n) is 10.7. The van der Waals surface area contributed by atoms with Crippen molar-refractivity contribution in [2.75, 3.05) is 39.1 Å². The average molecular weight is 463 g/mol. The number of morpholine rings is 1. The fraction of sp³-hybridized carbons (Fsp3) is 0.435. The summed E-state index contributed by atoms with van der Waals surface area (Å²) in [4.78, 5) is 5.89. The second-order valence-corrected chi connectivity index (χ2v) is 8.39. The van der Waals surface area contributed by atoms with Crippen LogP contribution >= 0.6 is 0 Å². The normalized spacial score (nSPS) is 21.6. The van der Waals surface area contributed by atoms with Crippen molar-refractivity contribution in [3.63, 3.8) is 0 Å². The van der Waals surface area contributed by atoms with Crippen molar-refractivity contribution >= 4 is 16.8 Å². The fourth-order valence-electron chi connectivity index (χ4n) is 4.58. The molecule has 0 amide bonds. The summed E-state index contributed by atoms with van der Waals surface area (Å²) in [6.07, 6.45) is -3.86. The van der Waals surface area contributed by atoms with Gasteiger partial charge in [0.2, 0.25) is 0 Å². The number of alkyl halides is 3. The third kappa shape index (κ3) is 3.97. The number of anilines is 1. The lowest BCUT2D eigenvalue weighted by molar-refractivity contribution is -0.156. The fourth-order valence-corrected chi connectivity index (χ4v) is 4.58. The molecular formula is C23H24F3N3O4. The van der Waals surface area contributed by atoms with E-state index in [1.807, 2.05) is 19.1 Å². The average Bonchev–Trinajstić information content (AvgIpc) is 3.24. The van der Waals surface area contributed by atoms with Gasteiger partial charge in [0.1, 0.15) is 23.6 Å². The van der Waals surface area contributed by atoms with Gasteiger partial charge in [-0.15, -0.1) is 0 Å². The van der Waals surface area contributed by atoms with Crippen molar-refractivity contribution in [3.8, 4) is 22.6 Å². The molecule has 1 aromatic heterocycles. The van der Waals surface area contributed by atoms with Crippen LogP contribution in [0.4, 0.5) is 18.9 Å². The molecule has 176 valence electrons. The lowest BCUT2D eigenvalue weighted by Gasteiger charge is -2.39. The van der Waals surface area contributed by atoms with Crippen LogP contribution in [0.3, 0.4) is 0 Å². The molecule has 3 heterocycles. The van der Waals surface area contributed by atoms with Crippen LogP contribution in [-0.2, 0) is 17.3 Å². The third-order valence-corrected chi connectivity index (χ3v) is 6.21. The van der Waals surface area contributed by atoms with Crippen LogP contribution in [0.2, 0.25) is 0 Å². The largest absolute Gasteiger partial charge is 0.497 e. The van der Waals surface area contributed by atoms with Gasteiger partial charge in [0.05, 0.1) is 25.5 Å².